The third kappa shape index (κ3) is 6.31. The van der Waals surface area contributed by atoms with Gasteiger partial charge in [-0.05, 0) is 60.4 Å². The molecule has 184 valence electrons. The van der Waals surface area contributed by atoms with Crippen molar-refractivity contribution in [1.82, 2.24) is 19.4 Å². The summed E-state index contributed by atoms with van der Waals surface area (Å²) in [6, 6.07) is 25.4. The molecule has 6 nitrogen and oxygen atoms in total. The number of rotatable bonds is 8. The summed E-state index contributed by atoms with van der Waals surface area (Å²) in [7, 11) is 0. The van der Waals surface area contributed by atoms with Gasteiger partial charge in [-0.1, -0.05) is 30.3 Å². The van der Waals surface area contributed by atoms with E-state index in [9.17, 15) is 0 Å². The van der Waals surface area contributed by atoms with E-state index in [1.807, 2.05) is 49.2 Å². The highest BCUT2D eigenvalue weighted by Gasteiger charge is 2.26. The van der Waals surface area contributed by atoms with Gasteiger partial charge >= 0.3 is 0 Å². The summed E-state index contributed by atoms with van der Waals surface area (Å²) >= 11 is 0. The lowest BCUT2D eigenvalue weighted by molar-refractivity contribution is 0.148. The van der Waals surface area contributed by atoms with Crippen LogP contribution in [0.25, 0.3) is 0 Å². The van der Waals surface area contributed by atoms with Crippen molar-refractivity contribution in [3.05, 3.63) is 114 Å². The lowest BCUT2D eigenvalue weighted by Gasteiger charge is -2.39. The van der Waals surface area contributed by atoms with Gasteiger partial charge in [-0.3, -0.25) is 9.88 Å². The molecule has 1 aliphatic rings. The molecule has 1 saturated heterocycles. The third-order valence-electron chi connectivity index (χ3n) is 6.84. The van der Waals surface area contributed by atoms with E-state index in [-0.39, 0.29) is 12.4 Å². The van der Waals surface area contributed by atoms with E-state index < -0.39 is 0 Å². The Morgan fingerprint density at radius 3 is 2.28 bits per heavy atom. The average Bonchev–Trinajstić information content (AvgIpc) is 3.36. The highest BCUT2D eigenvalue weighted by molar-refractivity contribution is 5.85. The molecule has 0 saturated carbocycles. The molecule has 0 bridgehead atoms. The maximum absolute atomic E-state index is 9.08. The number of pyridine rings is 1. The molecule has 36 heavy (non-hydrogen) atoms. The Labute approximate surface area is 219 Å². The monoisotopic (exact) mass is 498 g/mol. The minimum atomic E-state index is 0. The quantitative estimate of drug-likeness (QED) is 0.330. The standard InChI is InChI=1S/C29H30N6.ClH/c30-18-24-6-8-25(9-7-24)21-35-23-32-19-29(35)22-34(20-26-10-14-31-15-11-26)28-12-16-33(17-13-28)27-4-2-1-3-5-27;/h1-11,14-15,19,23,28H,12-13,16-17,20-22H2;1H. The zero-order valence-corrected chi connectivity index (χ0v) is 21.1. The molecule has 2 aromatic heterocycles. The first-order chi connectivity index (χ1) is 17.3. The van der Waals surface area contributed by atoms with Crippen LogP contribution in [0, 0.1) is 11.3 Å². The predicted molar refractivity (Wildman–Crippen MR) is 145 cm³/mol. The molecular formula is C29H31ClN6. The van der Waals surface area contributed by atoms with Gasteiger partial charge in [-0.25, -0.2) is 4.98 Å². The van der Waals surface area contributed by atoms with E-state index >= 15 is 0 Å². The van der Waals surface area contributed by atoms with E-state index in [1.54, 1.807) is 0 Å². The van der Waals surface area contributed by atoms with Gasteiger partial charge in [0.1, 0.15) is 0 Å². The molecule has 0 radical (unpaired) electrons. The number of nitrogens with zero attached hydrogens (tertiary/aromatic N) is 6. The Bertz CT molecular complexity index is 1240. The Kier molecular flexibility index (Phi) is 8.72. The van der Waals surface area contributed by atoms with E-state index in [2.05, 4.69) is 72.9 Å². The molecule has 0 spiro atoms. The summed E-state index contributed by atoms with van der Waals surface area (Å²) in [6.07, 6.45) is 9.91. The molecule has 0 unspecified atom stereocenters. The number of hydrogen-bond donors (Lipinski definition) is 0. The topological polar surface area (TPSA) is 61.0 Å². The molecule has 2 aromatic carbocycles. The fourth-order valence-electron chi connectivity index (χ4n) is 4.88. The molecule has 0 aliphatic carbocycles. The first-order valence-corrected chi connectivity index (χ1v) is 12.2. The molecule has 3 heterocycles. The molecule has 7 heteroatoms. The molecule has 4 aromatic rings. The number of halogens is 1. The SMILES string of the molecule is Cl.N#Cc1ccc(Cn2cncc2CN(Cc2ccncc2)C2CCN(c3ccccc3)CC2)cc1. The average molecular weight is 499 g/mol. The number of anilines is 1. The van der Waals surface area contributed by atoms with E-state index in [0.29, 0.717) is 11.6 Å². The van der Waals surface area contributed by atoms with Gasteiger partial charge in [-0.15, -0.1) is 12.4 Å². The Morgan fingerprint density at radius 2 is 1.58 bits per heavy atom. The normalized spacial score (nSPS) is 13.8. The largest absolute Gasteiger partial charge is 0.371 e. The van der Waals surface area contributed by atoms with Crippen LogP contribution in [0.5, 0.6) is 0 Å². The van der Waals surface area contributed by atoms with Crippen molar-refractivity contribution in [2.45, 2.75) is 38.5 Å². The second-order valence-electron chi connectivity index (χ2n) is 9.14. The van der Waals surface area contributed by atoms with Crippen LogP contribution in [0.15, 0.2) is 91.6 Å². The van der Waals surface area contributed by atoms with Crippen LogP contribution in [0.1, 0.15) is 35.2 Å². The lowest BCUT2D eigenvalue weighted by atomic mass is 10.0. The summed E-state index contributed by atoms with van der Waals surface area (Å²) in [4.78, 5) is 13.8. The number of benzene rings is 2. The molecule has 0 atom stereocenters. The smallest absolute Gasteiger partial charge is 0.0991 e. The molecule has 0 amide bonds. The number of nitriles is 1. The second-order valence-corrected chi connectivity index (χ2v) is 9.14. The molecule has 1 aliphatic heterocycles. The van der Waals surface area contributed by atoms with Gasteiger partial charge in [0.05, 0.1) is 23.7 Å². The minimum absolute atomic E-state index is 0. The van der Waals surface area contributed by atoms with Crippen LogP contribution in [-0.4, -0.2) is 38.6 Å². The van der Waals surface area contributed by atoms with Crippen LogP contribution in [-0.2, 0) is 19.6 Å². The number of piperidine rings is 1. The van der Waals surface area contributed by atoms with Crippen molar-refractivity contribution in [3.8, 4) is 6.07 Å². The summed E-state index contributed by atoms with van der Waals surface area (Å²) in [5.74, 6) is 0. The van der Waals surface area contributed by atoms with Crippen molar-refractivity contribution >= 4 is 18.1 Å². The van der Waals surface area contributed by atoms with Gasteiger partial charge < -0.3 is 9.47 Å². The van der Waals surface area contributed by atoms with Crippen molar-refractivity contribution in [3.63, 3.8) is 0 Å². The van der Waals surface area contributed by atoms with Crippen LogP contribution in [0.3, 0.4) is 0 Å². The fraction of sp³-hybridized carbons (Fsp3) is 0.276. The summed E-state index contributed by atoms with van der Waals surface area (Å²) < 4.78 is 2.22. The summed E-state index contributed by atoms with van der Waals surface area (Å²) in [6.45, 7) is 4.60. The number of para-hydroxylation sites is 1. The third-order valence-corrected chi connectivity index (χ3v) is 6.84. The van der Waals surface area contributed by atoms with E-state index in [1.165, 1.54) is 22.5 Å². The molecular weight excluding hydrogens is 468 g/mol. The molecule has 1 fully saturated rings. The number of hydrogen-bond acceptors (Lipinski definition) is 5. The van der Waals surface area contributed by atoms with Crippen LogP contribution in [0.4, 0.5) is 5.69 Å². The van der Waals surface area contributed by atoms with Crippen molar-refractivity contribution in [1.29, 1.82) is 5.26 Å². The van der Waals surface area contributed by atoms with Crippen LogP contribution >= 0.6 is 12.4 Å². The van der Waals surface area contributed by atoms with Crippen molar-refractivity contribution in [2.75, 3.05) is 18.0 Å². The highest BCUT2D eigenvalue weighted by atomic mass is 35.5. The van der Waals surface area contributed by atoms with Crippen molar-refractivity contribution < 1.29 is 0 Å². The maximum Gasteiger partial charge on any atom is 0.0991 e. The van der Waals surface area contributed by atoms with Crippen LogP contribution in [0.2, 0.25) is 0 Å². The molecule has 5 rings (SSSR count). The van der Waals surface area contributed by atoms with Gasteiger partial charge in [0.25, 0.3) is 0 Å². The van der Waals surface area contributed by atoms with Crippen molar-refractivity contribution in [2.24, 2.45) is 0 Å². The Hall–Kier alpha value is -3.66. The second kappa shape index (κ2) is 12.3. The number of aromatic nitrogens is 3. The summed E-state index contributed by atoms with van der Waals surface area (Å²) in [5.41, 5.74) is 5.65. The summed E-state index contributed by atoms with van der Waals surface area (Å²) in [5, 5.41) is 9.08. The van der Waals surface area contributed by atoms with E-state index in [0.717, 1.165) is 45.6 Å². The number of imidazole rings is 1. The highest BCUT2D eigenvalue weighted by Crippen LogP contribution is 2.25. The van der Waals surface area contributed by atoms with Gasteiger partial charge in [0.2, 0.25) is 0 Å². The molecule has 0 N–H and O–H groups in total. The Morgan fingerprint density at radius 1 is 0.861 bits per heavy atom. The van der Waals surface area contributed by atoms with Gasteiger partial charge in [0, 0.05) is 63.0 Å². The first-order valence-electron chi connectivity index (χ1n) is 12.2. The Balaban J connectivity index is 0.00000304. The zero-order valence-electron chi connectivity index (χ0n) is 20.3. The van der Waals surface area contributed by atoms with Gasteiger partial charge in [0.15, 0.2) is 0 Å². The maximum atomic E-state index is 9.08. The van der Waals surface area contributed by atoms with Gasteiger partial charge in [-0.2, -0.15) is 5.26 Å². The lowest BCUT2D eigenvalue weighted by Crippen LogP contribution is -2.44. The predicted octanol–water partition coefficient (Wildman–Crippen LogP) is 5.29. The fourth-order valence-corrected chi connectivity index (χ4v) is 4.88. The van der Waals surface area contributed by atoms with E-state index in [4.69, 9.17) is 5.26 Å². The zero-order chi connectivity index (χ0) is 23.9. The first kappa shape index (κ1) is 25.4. The minimum Gasteiger partial charge on any atom is -0.371 e. The van der Waals surface area contributed by atoms with Crippen LogP contribution < -0.4 is 4.90 Å².